The van der Waals surface area contributed by atoms with Gasteiger partial charge in [0.1, 0.15) is 5.82 Å². The Bertz CT molecular complexity index is 701. The summed E-state index contributed by atoms with van der Waals surface area (Å²) in [5.41, 5.74) is 0.820. The van der Waals surface area contributed by atoms with E-state index in [-0.39, 0.29) is 11.9 Å². The average Bonchev–Trinajstić information content (AvgIpc) is 3.32. The number of aromatic nitrogens is 4. The molecule has 1 aliphatic carbocycles. The van der Waals surface area contributed by atoms with Crippen LogP contribution >= 0.6 is 0 Å². The van der Waals surface area contributed by atoms with Crippen LogP contribution < -0.4 is 4.90 Å². The molecule has 22 heavy (non-hydrogen) atoms. The molecule has 4 rings (SSSR count). The summed E-state index contributed by atoms with van der Waals surface area (Å²) in [7, 11) is 1.45. The van der Waals surface area contributed by atoms with E-state index in [1.807, 2.05) is 12.4 Å². The molecule has 116 valence electrons. The lowest BCUT2D eigenvalue weighted by Gasteiger charge is -2.31. The monoisotopic (exact) mass is 301 g/mol. The number of hydrogen-bond donors (Lipinski definition) is 0. The van der Waals surface area contributed by atoms with E-state index >= 15 is 0 Å². The molecule has 0 N–H and O–H groups in total. The van der Waals surface area contributed by atoms with E-state index in [1.54, 1.807) is 0 Å². The number of methoxy groups -OCH3 is 1. The van der Waals surface area contributed by atoms with Crippen LogP contribution in [0.25, 0.3) is 5.65 Å². The van der Waals surface area contributed by atoms with Crippen LogP contribution in [0.4, 0.5) is 5.82 Å². The second-order valence-electron chi connectivity index (χ2n) is 6.06. The lowest BCUT2D eigenvalue weighted by molar-refractivity contribution is -0.146. The normalized spacial score (nSPS) is 19.6. The van der Waals surface area contributed by atoms with Gasteiger partial charge in [-0.15, -0.1) is 10.2 Å². The first-order valence-corrected chi connectivity index (χ1v) is 7.80. The van der Waals surface area contributed by atoms with E-state index in [1.165, 1.54) is 20.0 Å². The molecule has 0 spiro atoms. The molecule has 2 aromatic heterocycles. The van der Waals surface area contributed by atoms with Crippen molar-refractivity contribution in [3.05, 3.63) is 18.2 Å². The maximum atomic E-state index is 11.6. The molecule has 2 fully saturated rings. The molecular formula is C15H19N5O2. The highest BCUT2D eigenvalue weighted by atomic mass is 16.5. The fourth-order valence-electron chi connectivity index (χ4n) is 3.17. The molecule has 0 aromatic carbocycles. The fourth-order valence-corrected chi connectivity index (χ4v) is 3.17. The van der Waals surface area contributed by atoms with E-state index < -0.39 is 0 Å². The molecular weight excluding hydrogens is 282 g/mol. The quantitative estimate of drug-likeness (QED) is 0.798. The summed E-state index contributed by atoms with van der Waals surface area (Å²) >= 11 is 0. The van der Waals surface area contributed by atoms with E-state index in [2.05, 4.69) is 24.5 Å². The van der Waals surface area contributed by atoms with E-state index in [4.69, 9.17) is 4.74 Å². The van der Waals surface area contributed by atoms with Crippen molar-refractivity contribution >= 4 is 17.4 Å². The van der Waals surface area contributed by atoms with Crippen LogP contribution in [0.2, 0.25) is 0 Å². The van der Waals surface area contributed by atoms with Crippen molar-refractivity contribution in [1.29, 1.82) is 0 Å². The second-order valence-corrected chi connectivity index (χ2v) is 6.06. The molecule has 0 radical (unpaired) electrons. The molecule has 1 saturated heterocycles. The van der Waals surface area contributed by atoms with Gasteiger partial charge in [-0.2, -0.15) is 0 Å². The topological polar surface area (TPSA) is 72.6 Å². The molecule has 2 aliphatic rings. The van der Waals surface area contributed by atoms with Crippen LogP contribution in [0, 0.1) is 5.92 Å². The zero-order chi connectivity index (χ0) is 15.1. The third-order valence-electron chi connectivity index (χ3n) is 4.61. The first-order valence-electron chi connectivity index (χ1n) is 7.80. The minimum atomic E-state index is -0.107. The van der Waals surface area contributed by atoms with Gasteiger partial charge >= 0.3 is 5.97 Å². The van der Waals surface area contributed by atoms with Gasteiger partial charge in [-0.25, -0.2) is 4.98 Å². The Kier molecular flexibility index (Phi) is 3.20. The van der Waals surface area contributed by atoms with Crippen LogP contribution in [-0.4, -0.2) is 45.8 Å². The standard InChI is InChI=1S/C15H19N5O2/c1-22-15(21)11-4-7-19(8-5-11)13-14-18-17-12(10-2-3-10)20(14)9-6-16-13/h6,9-11H,2-5,7-8H2,1H3. The Balaban J connectivity index is 1.58. The van der Waals surface area contributed by atoms with E-state index in [0.717, 1.165) is 43.2 Å². The van der Waals surface area contributed by atoms with Crippen LogP contribution in [-0.2, 0) is 9.53 Å². The molecule has 3 heterocycles. The zero-order valence-electron chi connectivity index (χ0n) is 12.6. The highest BCUT2D eigenvalue weighted by molar-refractivity contribution is 5.73. The largest absolute Gasteiger partial charge is 0.469 e. The van der Waals surface area contributed by atoms with Crippen molar-refractivity contribution in [2.45, 2.75) is 31.6 Å². The molecule has 0 bridgehead atoms. The maximum Gasteiger partial charge on any atom is 0.308 e. The predicted octanol–water partition coefficient (Wildman–Crippen LogP) is 1.39. The molecule has 1 saturated carbocycles. The molecule has 7 heteroatoms. The number of rotatable bonds is 3. The van der Waals surface area contributed by atoms with Gasteiger partial charge in [0.05, 0.1) is 13.0 Å². The van der Waals surface area contributed by atoms with Crippen molar-refractivity contribution in [2.24, 2.45) is 5.92 Å². The minimum absolute atomic E-state index is 0.000813. The highest BCUT2D eigenvalue weighted by Crippen LogP contribution is 2.39. The minimum Gasteiger partial charge on any atom is -0.469 e. The number of fused-ring (bicyclic) bond motifs is 1. The lowest BCUT2D eigenvalue weighted by Crippen LogP contribution is -2.37. The first-order chi connectivity index (χ1) is 10.8. The van der Waals surface area contributed by atoms with Crippen molar-refractivity contribution in [3.63, 3.8) is 0 Å². The lowest BCUT2D eigenvalue weighted by atomic mass is 9.97. The van der Waals surface area contributed by atoms with Gasteiger partial charge in [0.2, 0.25) is 5.65 Å². The summed E-state index contributed by atoms with van der Waals surface area (Å²) < 4.78 is 6.90. The molecule has 1 aliphatic heterocycles. The zero-order valence-corrected chi connectivity index (χ0v) is 12.6. The Hall–Kier alpha value is -2.18. The van der Waals surface area contributed by atoms with Gasteiger partial charge in [-0.05, 0) is 25.7 Å². The van der Waals surface area contributed by atoms with Gasteiger partial charge in [0.15, 0.2) is 5.82 Å². The van der Waals surface area contributed by atoms with Gasteiger partial charge in [-0.1, -0.05) is 0 Å². The Morgan fingerprint density at radius 2 is 2.00 bits per heavy atom. The smallest absolute Gasteiger partial charge is 0.308 e. The van der Waals surface area contributed by atoms with Crippen LogP contribution in [0.1, 0.15) is 37.4 Å². The average molecular weight is 301 g/mol. The van der Waals surface area contributed by atoms with Gasteiger partial charge < -0.3 is 9.64 Å². The Morgan fingerprint density at radius 3 is 2.68 bits per heavy atom. The SMILES string of the molecule is COC(=O)C1CCN(c2nccn3c(C4CC4)nnc23)CC1. The number of nitrogens with zero attached hydrogens (tertiary/aromatic N) is 5. The third kappa shape index (κ3) is 2.20. The van der Waals surface area contributed by atoms with Crippen molar-refractivity contribution in [3.8, 4) is 0 Å². The number of anilines is 1. The van der Waals surface area contributed by atoms with E-state index in [0.29, 0.717) is 5.92 Å². The van der Waals surface area contributed by atoms with Crippen molar-refractivity contribution in [1.82, 2.24) is 19.6 Å². The second kappa shape index (κ2) is 5.23. The third-order valence-corrected chi connectivity index (χ3v) is 4.61. The Labute approximate surface area is 128 Å². The first kappa shape index (κ1) is 13.5. The summed E-state index contributed by atoms with van der Waals surface area (Å²) in [6, 6.07) is 0. The van der Waals surface area contributed by atoms with Crippen LogP contribution in [0.3, 0.4) is 0 Å². The molecule has 0 unspecified atom stereocenters. The van der Waals surface area contributed by atoms with Gasteiger partial charge in [0.25, 0.3) is 0 Å². The van der Waals surface area contributed by atoms with Crippen LogP contribution in [0.5, 0.6) is 0 Å². The fraction of sp³-hybridized carbons (Fsp3) is 0.600. The number of carbonyl (C=O) groups is 1. The Morgan fingerprint density at radius 1 is 1.23 bits per heavy atom. The molecule has 0 amide bonds. The number of esters is 1. The van der Waals surface area contributed by atoms with E-state index in [9.17, 15) is 4.79 Å². The number of hydrogen-bond acceptors (Lipinski definition) is 6. The van der Waals surface area contributed by atoms with Crippen molar-refractivity contribution < 1.29 is 9.53 Å². The maximum absolute atomic E-state index is 11.6. The summed E-state index contributed by atoms with van der Waals surface area (Å²) in [6.07, 6.45) is 7.72. The number of piperidine rings is 1. The summed E-state index contributed by atoms with van der Waals surface area (Å²) in [5.74, 6) is 2.36. The van der Waals surface area contributed by atoms with Gasteiger partial charge in [0, 0.05) is 31.4 Å². The number of ether oxygens (including phenoxy) is 1. The summed E-state index contributed by atoms with van der Waals surface area (Å²) in [6.45, 7) is 1.58. The van der Waals surface area contributed by atoms with Gasteiger partial charge in [-0.3, -0.25) is 9.20 Å². The predicted molar refractivity (Wildman–Crippen MR) is 79.7 cm³/mol. The molecule has 0 atom stereocenters. The van der Waals surface area contributed by atoms with Crippen LogP contribution in [0.15, 0.2) is 12.4 Å². The molecule has 7 nitrogen and oxygen atoms in total. The number of carbonyl (C=O) groups excluding carboxylic acids is 1. The highest BCUT2D eigenvalue weighted by Gasteiger charge is 2.31. The van der Waals surface area contributed by atoms with Crippen molar-refractivity contribution in [2.75, 3.05) is 25.1 Å². The summed E-state index contributed by atoms with van der Waals surface area (Å²) in [4.78, 5) is 18.3. The molecule has 2 aromatic rings. The summed E-state index contributed by atoms with van der Waals surface area (Å²) in [5, 5.41) is 8.68.